The second-order valence-corrected chi connectivity index (χ2v) is 7.56. The molecular weight excluding hydrogens is 463 g/mol. The van der Waals surface area contributed by atoms with Gasteiger partial charge in [-0.3, -0.25) is 4.79 Å². The van der Waals surface area contributed by atoms with Gasteiger partial charge in [-0.1, -0.05) is 44.0 Å². The average molecular weight is 471 g/mol. The van der Waals surface area contributed by atoms with Gasteiger partial charge in [0.05, 0.1) is 14.5 Å². The third kappa shape index (κ3) is 3.54. The Morgan fingerprint density at radius 2 is 1.79 bits per heavy atom. The number of halogens is 4. The van der Waals surface area contributed by atoms with Crippen molar-refractivity contribution in [2.45, 2.75) is 9.65 Å². The Morgan fingerprint density at radius 1 is 1.16 bits per heavy atom. The van der Waals surface area contributed by atoms with Crippen LogP contribution in [0.25, 0.3) is 0 Å². The van der Waals surface area contributed by atoms with Gasteiger partial charge in [0.2, 0.25) is 0 Å². The summed E-state index contributed by atoms with van der Waals surface area (Å²) >= 11 is 11.6. The minimum absolute atomic E-state index is 0.00641. The topological polar surface area (TPSA) is 17.1 Å². The lowest BCUT2D eigenvalue weighted by Gasteiger charge is -2.15. The van der Waals surface area contributed by atoms with Gasteiger partial charge in [-0.15, -0.1) is 11.3 Å². The lowest BCUT2D eigenvalue weighted by molar-refractivity contribution is 0.0994. The quantitative estimate of drug-likeness (QED) is 0.412. The third-order valence-corrected chi connectivity index (χ3v) is 7.10. The molecule has 0 N–H and O–H groups in total. The molecule has 1 nitrogen and oxygen atoms in total. The van der Waals surface area contributed by atoms with Gasteiger partial charge < -0.3 is 0 Å². The van der Waals surface area contributed by atoms with Crippen LogP contribution in [0.4, 0.5) is 4.39 Å². The lowest BCUT2D eigenvalue weighted by Crippen LogP contribution is -2.18. The van der Waals surface area contributed by atoms with E-state index in [0.29, 0.717) is 4.88 Å². The van der Waals surface area contributed by atoms with Gasteiger partial charge in [0.1, 0.15) is 5.82 Å². The minimum Gasteiger partial charge on any atom is -0.292 e. The molecule has 2 atom stereocenters. The highest BCUT2D eigenvalue weighted by molar-refractivity contribution is 9.12. The molecule has 0 bridgehead atoms. The molecule has 6 heteroatoms. The molecule has 2 aromatic rings. The maximum Gasteiger partial charge on any atom is 0.188 e. The SMILES string of the molecule is O=C(c1sccc1Br)[C@H](Br)[C@H](Br)c1ccc(F)cc1. The molecular formula is C13H8Br3FOS. The van der Waals surface area contributed by atoms with Crippen LogP contribution in [0.2, 0.25) is 0 Å². The normalized spacial score (nSPS) is 14.1. The first-order valence-corrected chi connectivity index (χ1v) is 8.82. The van der Waals surface area contributed by atoms with E-state index in [0.717, 1.165) is 10.0 Å². The number of carbonyl (C=O) groups excluding carboxylic acids is 1. The van der Waals surface area contributed by atoms with Crippen molar-refractivity contribution in [1.29, 1.82) is 0 Å². The van der Waals surface area contributed by atoms with Gasteiger partial charge in [-0.25, -0.2) is 4.39 Å². The van der Waals surface area contributed by atoms with Crippen LogP contribution >= 0.6 is 59.1 Å². The summed E-state index contributed by atoms with van der Waals surface area (Å²) in [5.74, 6) is -0.296. The first kappa shape index (κ1) is 15.4. The van der Waals surface area contributed by atoms with Gasteiger partial charge in [0.15, 0.2) is 5.78 Å². The highest BCUT2D eigenvalue weighted by Gasteiger charge is 2.28. The van der Waals surface area contributed by atoms with E-state index in [-0.39, 0.29) is 16.4 Å². The summed E-state index contributed by atoms with van der Waals surface area (Å²) in [6.45, 7) is 0. The number of rotatable bonds is 4. The molecule has 0 radical (unpaired) electrons. The first-order chi connectivity index (χ1) is 9.00. The van der Waals surface area contributed by atoms with Crippen molar-refractivity contribution < 1.29 is 9.18 Å². The molecule has 1 heterocycles. The van der Waals surface area contributed by atoms with Gasteiger partial charge in [-0.2, -0.15) is 0 Å². The molecule has 0 fully saturated rings. The number of hydrogen-bond donors (Lipinski definition) is 0. The molecule has 0 aliphatic carbocycles. The monoisotopic (exact) mass is 468 g/mol. The Hall–Kier alpha value is -0.0400. The Morgan fingerprint density at radius 3 is 2.32 bits per heavy atom. The van der Waals surface area contributed by atoms with Gasteiger partial charge in [0.25, 0.3) is 0 Å². The predicted molar refractivity (Wildman–Crippen MR) is 87.1 cm³/mol. The van der Waals surface area contributed by atoms with Crippen molar-refractivity contribution in [2.24, 2.45) is 0 Å². The summed E-state index contributed by atoms with van der Waals surface area (Å²) < 4.78 is 13.7. The van der Waals surface area contributed by atoms with Crippen molar-refractivity contribution in [2.75, 3.05) is 0 Å². The fourth-order valence-electron chi connectivity index (χ4n) is 1.54. The molecule has 0 aliphatic rings. The van der Waals surface area contributed by atoms with E-state index in [1.165, 1.54) is 23.5 Å². The zero-order valence-corrected chi connectivity index (χ0v) is 15.0. The van der Waals surface area contributed by atoms with E-state index in [1.54, 1.807) is 12.1 Å². The number of hydrogen-bond acceptors (Lipinski definition) is 2. The van der Waals surface area contributed by atoms with Crippen molar-refractivity contribution in [3.63, 3.8) is 0 Å². The second-order valence-electron chi connectivity index (χ2n) is 3.82. The third-order valence-electron chi connectivity index (χ3n) is 2.54. The van der Waals surface area contributed by atoms with Crippen LogP contribution in [-0.4, -0.2) is 10.6 Å². The second kappa shape index (κ2) is 6.61. The van der Waals surface area contributed by atoms with E-state index in [9.17, 15) is 9.18 Å². The highest BCUT2D eigenvalue weighted by atomic mass is 79.9. The Balaban J connectivity index is 2.19. The van der Waals surface area contributed by atoms with Crippen molar-refractivity contribution in [3.05, 3.63) is 56.4 Å². The summed E-state index contributed by atoms with van der Waals surface area (Å²) in [5, 5.41) is 1.86. The maximum atomic E-state index is 12.9. The standard InChI is InChI=1S/C13H8Br3FOS/c14-9-5-6-19-13(9)12(18)11(16)10(15)7-1-3-8(17)4-2-7/h1-6,10-11H/t10-,11-/m1/s1. The largest absolute Gasteiger partial charge is 0.292 e. The summed E-state index contributed by atoms with van der Waals surface area (Å²) in [5.41, 5.74) is 0.851. The van der Waals surface area contributed by atoms with E-state index >= 15 is 0 Å². The van der Waals surface area contributed by atoms with Crippen LogP contribution in [0.5, 0.6) is 0 Å². The Bertz CT molecular complexity index is 582. The minimum atomic E-state index is -0.409. The number of carbonyl (C=O) groups is 1. The van der Waals surface area contributed by atoms with Crippen LogP contribution in [0.3, 0.4) is 0 Å². The van der Waals surface area contributed by atoms with Gasteiger partial charge in [0, 0.05) is 4.47 Å². The molecule has 1 aromatic heterocycles. The molecule has 0 spiro atoms. The fraction of sp³-hybridized carbons (Fsp3) is 0.154. The Labute approximate surface area is 139 Å². The highest BCUT2D eigenvalue weighted by Crippen LogP contribution is 2.35. The van der Waals surface area contributed by atoms with Gasteiger partial charge in [-0.05, 0) is 45.1 Å². The number of Topliss-reactive ketones (excluding diaryl/α,β-unsaturated/α-hetero) is 1. The van der Waals surface area contributed by atoms with Crippen LogP contribution in [-0.2, 0) is 0 Å². The number of alkyl halides is 2. The number of ketones is 1. The maximum absolute atomic E-state index is 12.9. The van der Waals surface area contributed by atoms with Gasteiger partial charge >= 0.3 is 0 Å². The van der Waals surface area contributed by atoms with Crippen molar-refractivity contribution in [1.82, 2.24) is 0 Å². The van der Waals surface area contributed by atoms with Crippen molar-refractivity contribution in [3.8, 4) is 0 Å². The van der Waals surface area contributed by atoms with E-state index in [2.05, 4.69) is 47.8 Å². The van der Waals surface area contributed by atoms with E-state index < -0.39 is 4.83 Å². The van der Waals surface area contributed by atoms with Crippen LogP contribution in [0, 0.1) is 5.82 Å². The van der Waals surface area contributed by atoms with E-state index in [1.807, 2.05) is 11.4 Å². The molecule has 0 unspecified atom stereocenters. The summed E-state index contributed by atoms with van der Waals surface area (Å²) in [7, 11) is 0. The zero-order chi connectivity index (χ0) is 14.0. The average Bonchev–Trinajstić information content (AvgIpc) is 2.83. The summed E-state index contributed by atoms with van der Waals surface area (Å²) in [4.78, 5) is 12.4. The molecule has 0 amide bonds. The molecule has 0 aliphatic heterocycles. The fourth-order valence-corrected chi connectivity index (χ4v) is 4.32. The van der Waals surface area contributed by atoms with Crippen LogP contribution < -0.4 is 0 Å². The molecule has 100 valence electrons. The summed E-state index contributed by atoms with van der Waals surface area (Å²) in [6, 6.07) is 7.95. The molecule has 0 saturated carbocycles. The van der Waals surface area contributed by atoms with Crippen LogP contribution in [0.1, 0.15) is 20.1 Å². The van der Waals surface area contributed by atoms with E-state index in [4.69, 9.17) is 0 Å². The lowest BCUT2D eigenvalue weighted by atomic mass is 10.1. The van der Waals surface area contributed by atoms with Crippen molar-refractivity contribution >= 4 is 64.9 Å². The molecule has 19 heavy (non-hydrogen) atoms. The molecule has 0 saturated heterocycles. The number of thiophene rings is 1. The Kier molecular flexibility index (Phi) is 5.34. The van der Waals surface area contributed by atoms with Crippen LogP contribution in [0.15, 0.2) is 40.2 Å². The first-order valence-electron chi connectivity index (χ1n) is 5.31. The zero-order valence-electron chi connectivity index (χ0n) is 9.45. The smallest absolute Gasteiger partial charge is 0.188 e. The predicted octanol–water partition coefficient (Wildman–Crippen LogP) is 5.73. The molecule has 2 rings (SSSR count). The number of benzene rings is 1. The molecule has 1 aromatic carbocycles. The summed E-state index contributed by atoms with van der Waals surface area (Å²) in [6.07, 6.45) is 0.